The van der Waals surface area contributed by atoms with Gasteiger partial charge >= 0.3 is 0 Å². The van der Waals surface area contributed by atoms with Crippen LogP contribution in [0.3, 0.4) is 0 Å². The molecule has 0 radical (unpaired) electrons. The summed E-state index contributed by atoms with van der Waals surface area (Å²) in [5.74, 6) is -0.651. The van der Waals surface area contributed by atoms with Crippen molar-refractivity contribution in [3.63, 3.8) is 0 Å². The predicted molar refractivity (Wildman–Crippen MR) is 69.0 cm³/mol. The minimum atomic E-state index is -3.70. The quantitative estimate of drug-likeness (QED) is 0.897. The Labute approximate surface area is 116 Å². The average Bonchev–Trinajstić information content (AvgIpc) is 2.41. The highest BCUT2D eigenvalue weighted by atomic mass is 35.5. The lowest BCUT2D eigenvalue weighted by Gasteiger charge is -2.31. The summed E-state index contributed by atoms with van der Waals surface area (Å²) in [5, 5.41) is -0.218. The van der Waals surface area contributed by atoms with E-state index < -0.39 is 15.8 Å². The highest BCUT2D eigenvalue weighted by Gasteiger charge is 2.30. The highest BCUT2D eigenvalue weighted by molar-refractivity contribution is 7.89. The fraction of sp³-hybridized carbons (Fsp3) is 0.455. The molecular weight excluding hydrogens is 295 g/mol. The summed E-state index contributed by atoms with van der Waals surface area (Å²) in [4.78, 5) is -0.0310. The molecule has 1 heterocycles. The Kier molecular flexibility index (Phi) is 4.42. The van der Waals surface area contributed by atoms with Crippen molar-refractivity contribution in [2.75, 3.05) is 26.2 Å². The van der Waals surface area contributed by atoms with Crippen LogP contribution in [0.15, 0.2) is 23.1 Å². The molecule has 106 valence electrons. The van der Waals surface area contributed by atoms with Crippen molar-refractivity contribution in [1.29, 1.82) is 0 Å². The molecule has 1 fully saturated rings. The van der Waals surface area contributed by atoms with E-state index in [2.05, 4.69) is 0 Å². The number of nitrogens with zero attached hydrogens (tertiary/aromatic N) is 1. The van der Waals surface area contributed by atoms with Crippen LogP contribution in [0.1, 0.15) is 0 Å². The van der Waals surface area contributed by atoms with E-state index in [0.717, 1.165) is 12.1 Å². The van der Waals surface area contributed by atoms with E-state index in [4.69, 9.17) is 22.1 Å². The average molecular weight is 309 g/mol. The molecule has 19 heavy (non-hydrogen) atoms. The molecule has 0 spiro atoms. The summed E-state index contributed by atoms with van der Waals surface area (Å²) in [6.07, 6.45) is -0.320. The van der Waals surface area contributed by atoms with Crippen LogP contribution in [0, 0.1) is 5.82 Å². The number of halogens is 2. The maximum atomic E-state index is 13.1. The summed E-state index contributed by atoms with van der Waals surface area (Å²) >= 11 is 5.61. The zero-order valence-corrected chi connectivity index (χ0v) is 11.6. The zero-order chi connectivity index (χ0) is 14.0. The second-order valence-electron chi connectivity index (χ2n) is 4.17. The molecular formula is C11H14ClFN2O3S. The maximum Gasteiger partial charge on any atom is 0.243 e. The SMILES string of the molecule is NCC1CN(S(=O)(=O)c2ccc(F)c(Cl)c2)CCO1. The summed E-state index contributed by atoms with van der Waals surface area (Å²) in [5.41, 5.74) is 5.47. The van der Waals surface area contributed by atoms with Gasteiger partial charge in [0.25, 0.3) is 0 Å². The van der Waals surface area contributed by atoms with Crippen molar-refractivity contribution in [2.45, 2.75) is 11.0 Å². The Morgan fingerprint density at radius 2 is 2.26 bits per heavy atom. The van der Waals surface area contributed by atoms with Gasteiger partial charge in [0.2, 0.25) is 10.0 Å². The third-order valence-corrected chi connectivity index (χ3v) is 5.04. The molecule has 1 saturated heterocycles. The van der Waals surface area contributed by atoms with E-state index in [9.17, 15) is 12.8 Å². The second-order valence-corrected chi connectivity index (χ2v) is 6.51. The molecule has 0 amide bonds. The molecule has 0 bridgehead atoms. The van der Waals surface area contributed by atoms with Crippen LogP contribution < -0.4 is 5.73 Å². The summed E-state index contributed by atoms with van der Waals surface area (Å²) in [7, 11) is -3.70. The summed E-state index contributed by atoms with van der Waals surface area (Å²) < 4.78 is 44.4. The van der Waals surface area contributed by atoms with Crippen LogP contribution in [-0.4, -0.2) is 45.1 Å². The summed E-state index contributed by atoms with van der Waals surface area (Å²) in [6, 6.07) is 3.35. The van der Waals surface area contributed by atoms with Crippen LogP contribution in [0.25, 0.3) is 0 Å². The van der Waals surface area contributed by atoms with Gasteiger partial charge in [0.1, 0.15) is 5.82 Å². The fourth-order valence-corrected chi connectivity index (χ4v) is 3.57. The molecule has 2 N–H and O–H groups in total. The minimum absolute atomic E-state index is 0.0310. The van der Waals surface area contributed by atoms with Gasteiger partial charge in [0.15, 0.2) is 0 Å². The minimum Gasteiger partial charge on any atom is -0.374 e. The maximum absolute atomic E-state index is 13.1. The monoisotopic (exact) mass is 308 g/mol. The van der Waals surface area contributed by atoms with Gasteiger partial charge in [-0.3, -0.25) is 0 Å². The van der Waals surface area contributed by atoms with Crippen LogP contribution in [-0.2, 0) is 14.8 Å². The lowest BCUT2D eigenvalue weighted by Crippen LogP contribution is -2.48. The van der Waals surface area contributed by atoms with Crippen molar-refractivity contribution in [3.05, 3.63) is 29.0 Å². The molecule has 1 unspecified atom stereocenters. The van der Waals surface area contributed by atoms with Crippen molar-refractivity contribution < 1.29 is 17.5 Å². The van der Waals surface area contributed by atoms with Crippen LogP contribution in [0.2, 0.25) is 5.02 Å². The smallest absolute Gasteiger partial charge is 0.243 e. The van der Waals surface area contributed by atoms with E-state index in [-0.39, 0.29) is 42.3 Å². The number of sulfonamides is 1. The number of ether oxygens (including phenoxy) is 1. The second kappa shape index (κ2) is 5.72. The van der Waals surface area contributed by atoms with Gasteiger partial charge in [-0.2, -0.15) is 4.31 Å². The first-order valence-electron chi connectivity index (χ1n) is 5.72. The third kappa shape index (κ3) is 3.06. The Hall–Kier alpha value is -0.730. The Balaban J connectivity index is 2.28. The normalized spacial score (nSPS) is 21.5. The van der Waals surface area contributed by atoms with Gasteiger partial charge in [-0.15, -0.1) is 0 Å². The molecule has 8 heteroatoms. The van der Waals surface area contributed by atoms with Gasteiger partial charge in [0, 0.05) is 19.6 Å². The van der Waals surface area contributed by atoms with E-state index in [1.807, 2.05) is 0 Å². The summed E-state index contributed by atoms with van der Waals surface area (Å²) in [6.45, 7) is 0.966. The Morgan fingerprint density at radius 1 is 1.53 bits per heavy atom. The van der Waals surface area contributed by atoms with E-state index in [0.29, 0.717) is 0 Å². The standard InChI is InChI=1S/C11H14ClFN2O3S/c12-10-5-9(1-2-11(10)13)19(16,17)15-3-4-18-8(6-14)7-15/h1-2,5,8H,3-4,6-7,14H2. The van der Waals surface area contributed by atoms with Gasteiger partial charge in [-0.05, 0) is 18.2 Å². The van der Waals surface area contributed by atoms with Crippen molar-refractivity contribution in [2.24, 2.45) is 5.73 Å². The molecule has 1 aromatic carbocycles. The molecule has 0 aromatic heterocycles. The van der Waals surface area contributed by atoms with Gasteiger partial charge in [-0.25, -0.2) is 12.8 Å². The van der Waals surface area contributed by atoms with Crippen LogP contribution in [0.5, 0.6) is 0 Å². The molecule has 5 nitrogen and oxygen atoms in total. The molecule has 1 aliphatic heterocycles. The molecule has 1 atom stereocenters. The first-order chi connectivity index (χ1) is 8.95. The van der Waals surface area contributed by atoms with E-state index >= 15 is 0 Å². The first-order valence-corrected chi connectivity index (χ1v) is 7.54. The van der Waals surface area contributed by atoms with Gasteiger partial charge in [-0.1, -0.05) is 11.6 Å². The van der Waals surface area contributed by atoms with Gasteiger partial charge < -0.3 is 10.5 Å². The predicted octanol–water partition coefficient (Wildman–Crippen LogP) is 0.827. The Bertz CT molecular complexity index is 567. The van der Waals surface area contributed by atoms with E-state index in [1.165, 1.54) is 10.4 Å². The van der Waals surface area contributed by atoms with Gasteiger partial charge in [0.05, 0.1) is 22.6 Å². The number of hydrogen-bond donors (Lipinski definition) is 1. The fourth-order valence-electron chi connectivity index (χ4n) is 1.84. The van der Waals surface area contributed by atoms with Crippen molar-refractivity contribution in [3.8, 4) is 0 Å². The molecule has 1 aliphatic rings. The highest BCUT2D eigenvalue weighted by Crippen LogP contribution is 2.23. The van der Waals surface area contributed by atoms with Crippen molar-refractivity contribution >= 4 is 21.6 Å². The number of nitrogens with two attached hydrogens (primary N) is 1. The number of benzene rings is 1. The first kappa shape index (κ1) is 14.7. The molecule has 1 aromatic rings. The largest absolute Gasteiger partial charge is 0.374 e. The topological polar surface area (TPSA) is 72.6 Å². The lowest BCUT2D eigenvalue weighted by atomic mass is 10.3. The molecule has 0 aliphatic carbocycles. The molecule has 2 rings (SSSR count). The number of morpholine rings is 1. The third-order valence-electron chi connectivity index (χ3n) is 2.89. The Morgan fingerprint density at radius 3 is 2.89 bits per heavy atom. The number of hydrogen-bond acceptors (Lipinski definition) is 4. The van der Waals surface area contributed by atoms with Crippen LogP contribution in [0.4, 0.5) is 4.39 Å². The lowest BCUT2D eigenvalue weighted by molar-refractivity contribution is 0.00450. The number of rotatable bonds is 3. The van der Waals surface area contributed by atoms with Crippen LogP contribution >= 0.6 is 11.6 Å². The zero-order valence-electron chi connectivity index (χ0n) is 10.1. The van der Waals surface area contributed by atoms with E-state index in [1.54, 1.807) is 0 Å². The van der Waals surface area contributed by atoms with Crippen molar-refractivity contribution in [1.82, 2.24) is 4.31 Å². The molecule has 0 saturated carbocycles.